The third-order valence-electron chi connectivity index (χ3n) is 2.42. The van der Waals surface area contributed by atoms with Gasteiger partial charge < -0.3 is 27.2 Å². The zero-order chi connectivity index (χ0) is 14.8. The van der Waals surface area contributed by atoms with Gasteiger partial charge in [0.15, 0.2) is 0 Å². The highest BCUT2D eigenvalue weighted by Gasteiger charge is 2.19. The number of amides is 2. The Hall–Kier alpha value is -1.67. The number of carbonyl (C=O) groups is 3. The molecule has 0 spiro atoms. The summed E-state index contributed by atoms with van der Waals surface area (Å²) in [7, 11) is 0. The molecule has 0 heterocycles. The number of carboxylic acid groups (broad SMARTS) is 1. The Balaban J connectivity index is 4.10. The number of unbranched alkanes of at least 4 members (excludes halogenated alkanes) is 1. The van der Waals surface area contributed by atoms with E-state index in [1.54, 1.807) is 0 Å². The zero-order valence-electron chi connectivity index (χ0n) is 11.0. The lowest BCUT2D eigenvalue weighted by Gasteiger charge is -2.15. The summed E-state index contributed by atoms with van der Waals surface area (Å²) >= 11 is 0. The van der Waals surface area contributed by atoms with Gasteiger partial charge >= 0.3 is 5.97 Å². The first-order chi connectivity index (χ1) is 8.88. The second-order valence-corrected chi connectivity index (χ2v) is 4.25. The van der Waals surface area contributed by atoms with Crippen LogP contribution < -0.4 is 22.1 Å². The smallest absolute Gasteiger partial charge is 0.326 e. The van der Waals surface area contributed by atoms with E-state index in [1.165, 1.54) is 6.92 Å². The summed E-state index contributed by atoms with van der Waals surface area (Å²) in [5, 5.41) is 13.6. The van der Waals surface area contributed by atoms with Crippen molar-refractivity contribution in [2.75, 3.05) is 13.1 Å². The van der Waals surface area contributed by atoms with Crippen molar-refractivity contribution in [2.24, 2.45) is 11.5 Å². The summed E-state index contributed by atoms with van der Waals surface area (Å²) in [6.07, 6.45) is 1.61. The summed E-state index contributed by atoms with van der Waals surface area (Å²) in [5.41, 5.74) is 10.6. The molecule has 7 N–H and O–H groups in total. The molecule has 2 amide bonds. The average molecular weight is 274 g/mol. The topological polar surface area (TPSA) is 148 Å². The average Bonchev–Trinajstić information content (AvgIpc) is 2.34. The van der Waals surface area contributed by atoms with Gasteiger partial charge in [0.05, 0.1) is 12.6 Å². The second kappa shape index (κ2) is 9.29. The third-order valence-corrected chi connectivity index (χ3v) is 2.42. The number of hydrogen-bond donors (Lipinski definition) is 5. The molecule has 0 unspecified atom stereocenters. The van der Waals surface area contributed by atoms with Gasteiger partial charge in [-0.15, -0.1) is 0 Å². The van der Waals surface area contributed by atoms with E-state index >= 15 is 0 Å². The third kappa shape index (κ3) is 8.11. The minimum atomic E-state index is -1.11. The van der Waals surface area contributed by atoms with Crippen molar-refractivity contribution in [3.8, 4) is 0 Å². The van der Waals surface area contributed by atoms with Crippen molar-refractivity contribution in [3.05, 3.63) is 0 Å². The van der Waals surface area contributed by atoms with Crippen LogP contribution in [0.1, 0.15) is 26.2 Å². The highest BCUT2D eigenvalue weighted by Crippen LogP contribution is 2.00. The fourth-order valence-electron chi connectivity index (χ4n) is 1.32. The van der Waals surface area contributed by atoms with Crippen molar-refractivity contribution in [1.29, 1.82) is 0 Å². The molecule has 0 aromatic carbocycles. The highest BCUT2D eigenvalue weighted by molar-refractivity contribution is 5.89. The van der Waals surface area contributed by atoms with Crippen molar-refractivity contribution < 1.29 is 19.5 Å². The molecule has 0 fully saturated rings. The van der Waals surface area contributed by atoms with E-state index in [0.717, 1.165) is 0 Å². The number of carboxylic acids is 1. The molecule has 0 rings (SSSR count). The summed E-state index contributed by atoms with van der Waals surface area (Å²) < 4.78 is 0. The van der Waals surface area contributed by atoms with E-state index < -0.39 is 29.9 Å². The predicted octanol–water partition coefficient (Wildman–Crippen LogP) is -1.85. The van der Waals surface area contributed by atoms with Crippen LogP contribution >= 0.6 is 0 Å². The Morgan fingerprint density at radius 1 is 1.26 bits per heavy atom. The van der Waals surface area contributed by atoms with Crippen LogP contribution in [-0.2, 0) is 14.4 Å². The maximum absolute atomic E-state index is 11.5. The molecule has 110 valence electrons. The van der Waals surface area contributed by atoms with Crippen molar-refractivity contribution in [3.63, 3.8) is 0 Å². The first kappa shape index (κ1) is 17.3. The Kier molecular flexibility index (Phi) is 8.47. The number of hydrogen-bond acceptors (Lipinski definition) is 5. The minimum absolute atomic E-state index is 0.291. The van der Waals surface area contributed by atoms with Gasteiger partial charge in [0.25, 0.3) is 0 Å². The Bertz CT molecular complexity index is 320. The molecule has 8 heteroatoms. The van der Waals surface area contributed by atoms with Crippen LogP contribution in [0.3, 0.4) is 0 Å². The van der Waals surface area contributed by atoms with E-state index in [-0.39, 0.29) is 6.54 Å². The molecule has 0 radical (unpaired) electrons. The largest absolute Gasteiger partial charge is 0.480 e. The molecule has 0 saturated heterocycles. The summed E-state index contributed by atoms with van der Waals surface area (Å²) in [6.45, 7) is 1.67. The number of aliphatic carboxylic acids is 1. The molecule has 0 aliphatic rings. The molecular weight excluding hydrogens is 252 g/mol. The van der Waals surface area contributed by atoms with Crippen molar-refractivity contribution in [2.45, 2.75) is 38.3 Å². The molecule has 2 atom stereocenters. The fourth-order valence-corrected chi connectivity index (χ4v) is 1.32. The molecule has 0 aromatic rings. The fraction of sp³-hybridized carbons (Fsp3) is 0.727. The lowest BCUT2D eigenvalue weighted by Crippen LogP contribution is -2.47. The monoisotopic (exact) mass is 274 g/mol. The molecule has 0 aromatic heterocycles. The number of rotatable bonds is 9. The molecule has 8 nitrogen and oxygen atoms in total. The Morgan fingerprint density at radius 2 is 1.89 bits per heavy atom. The number of nitrogens with one attached hydrogen (secondary N) is 2. The van der Waals surface area contributed by atoms with Gasteiger partial charge in [0.2, 0.25) is 11.8 Å². The molecule has 0 aliphatic heterocycles. The van der Waals surface area contributed by atoms with Gasteiger partial charge in [-0.2, -0.15) is 0 Å². The quantitative estimate of drug-likeness (QED) is 0.312. The van der Waals surface area contributed by atoms with Crippen molar-refractivity contribution >= 4 is 17.8 Å². The van der Waals surface area contributed by atoms with Gasteiger partial charge in [-0.05, 0) is 32.7 Å². The number of carbonyl (C=O) groups excluding carboxylic acids is 2. The molecule has 0 saturated carbocycles. The molecule has 0 aliphatic carbocycles. The zero-order valence-corrected chi connectivity index (χ0v) is 11.0. The maximum Gasteiger partial charge on any atom is 0.326 e. The van der Waals surface area contributed by atoms with Crippen LogP contribution in [0.15, 0.2) is 0 Å². The standard InChI is InChI=1S/C11H22N4O4/c1-7(13)10(17)14-6-9(16)15-8(11(18)19)4-2-3-5-12/h7-8H,2-6,12-13H2,1H3,(H,14,17)(H,15,16)(H,18,19)/t7-,8-/m0/s1. The highest BCUT2D eigenvalue weighted by atomic mass is 16.4. The van der Waals surface area contributed by atoms with Crippen LogP contribution in [0.4, 0.5) is 0 Å². The summed E-state index contributed by atoms with van der Waals surface area (Å²) in [5.74, 6) is -2.14. The lowest BCUT2D eigenvalue weighted by atomic mass is 10.1. The normalized spacial score (nSPS) is 13.4. The summed E-state index contributed by atoms with van der Waals surface area (Å²) in [6, 6.07) is -1.68. The van der Waals surface area contributed by atoms with Crippen LogP contribution in [0, 0.1) is 0 Å². The second-order valence-electron chi connectivity index (χ2n) is 4.25. The van der Waals surface area contributed by atoms with Crippen LogP contribution in [-0.4, -0.2) is 48.1 Å². The van der Waals surface area contributed by atoms with Crippen molar-refractivity contribution in [1.82, 2.24) is 10.6 Å². The Morgan fingerprint density at radius 3 is 2.37 bits per heavy atom. The maximum atomic E-state index is 11.5. The predicted molar refractivity (Wildman–Crippen MR) is 69.1 cm³/mol. The lowest BCUT2D eigenvalue weighted by molar-refractivity contribution is -0.142. The van der Waals surface area contributed by atoms with Crippen LogP contribution in [0.2, 0.25) is 0 Å². The van der Waals surface area contributed by atoms with E-state index in [4.69, 9.17) is 16.6 Å². The summed E-state index contributed by atoms with van der Waals surface area (Å²) in [4.78, 5) is 33.5. The van der Waals surface area contributed by atoms with Gasteiger partial charge in [0, 0.05) is 0 Å². The molecular formula is C11H22N4O4. The van der Waals surface area contributed by atoms with Gasteiger partial charge in [-0.3, -0.25) is 9.59 Å². The van der Waals surface area contributed by atoms with E-state index in [0.29, 0.717) is 25.8 Å². The Labute approximate surface area is 111 Å². The number of nitrogens with two attached hydrogens (primary N) is 2. The van der Waals surface area contributed by atoms with E-state index in [9.17, 15) is 14.4 Å². The van der Waals surface area contributed by atoms with Crippen LogP contribution in [0.5, 0.6) is 0 Å². The first-order valence-electron chi connectivity index (χ1n) is 6.14. The van der Waals surface area contributed by atoms with Gasteiger partial charge in [-0.1, -0.05) is 0 Å². The van der Waals surface area contributed by atoms with Gasteiger partial charge in [0.1, 0.15) is 6.04 Å². The van der Waals surface area contributed by atoms with Gasteiger partial charge in [-0.25, -0.2) is 4.79 Å². The van der Waals surface area contributed by atoms with E-state index in [1.807, 2.05) is 0 Å². The first-order valence-corrected chi connectivity index (χ1v) is 6.14. The molecule has 0 bridgehead atoms. The van der Waals surface area contributed by atoms with E-state index in [2.05, 4.69) is 10.6 Å². The SMILES string of the molecule is C[C@H](N)C(=O)NCC(=O)N[C@@H](CCCCN)C(=O)O. The van der Waals surface area contributed by atoms with Crippen LogP contribution in [0.25, 0.3) is 0 Å². The molecule has 19 heavy (non-hydrogen) atoms. The minimum Gasteiger partial charge on any atom is -0.480 e.